The third-order valence-electron chi connectivity index (χ3n) is 2.59. The van der Waals surface area contributed by atoms with Crippen molar-refractivity contribution in [2.75, 3.05) is 0 Å². The van der Waals surface area contributed by atoms with Crippen molar-refractivity contribution in [3.63, 3.8) is 0 Å². The monoisotopic (exact) mass is 283 g/mol. The summed E-state index contributed by atoms with van der Waals surface area (Å²) in [6.07, 6.45) is 2.41. The minimum absolute atomic E-state index is 0.108. The first-order valence-electron chi connectivity index (χ1n) is 5.97. The number of carboxylic acid groups (broad SMARTS) is 1. The quantitative estimate of drug-likeness (QED) is 0.870. The van der Waals surface area contributed by atoms with Crippen LogP contribution in [0.15, 0.2) is 48.5 Å². The van der Waals surface area contributed by atoms with Crippen LogP contribution in [-0.2, 0) is 4.79 Å². The number of benzene rings is 2. The Kier molecular flexibility index (Phi) is 4.32. The van der Waals surface area contributed by atoms with Gasteiger partial charge >= 0.3 is 5.97 Å². The van der Waals surface area contributed by atoms with Gasteiger partial charge in [-0.2, -0.15) is 5.26 Å². The summed E-state index contributed by atoms with van der Waals surface area (Å²) in [5.74, 6) is -1.23. The van der Waals surface area contributed by atoms with E-state index < -0.39 is 11.8 Å². The summed E-state index contributed by atoms with van der Waals surface area (Å²) in [4.78, 5) is 10.5. The predicted molar refractivity (Wildman–Crippen MR) is 74.3 cm³/mol. The average molecular weight is 283 g/mol. The first kappa shape index (κ1) is 14.3. The number of nitriles is 1. The highest BCUT2D eigenvalue weighted by atomic mass is 19.1. The van der Waals surface area contributed by atoms with Gasteiger partial charge in [-0.15, -0.1) is 0 Å². The second-order valence-corrected chi connectivity index (χ2v) is 4.07. The molecule has 21 heavy (non-hydrogen) atoms. The van der Waals surface area contributed by atoms with E-state index in [4.69, 9.17) is 15.1 Å². The van der Waals surface area contributed by atoms with Gasteiger partial charge in [0.25, 0.3) is 0 Å². The van der Waals surface area contributed by atoms with Crippen molar-refractivity contribution in [1.29, 1.82) is 5.26 Å². The van der Waals surface area contributed by atoms with E-state index in [1.54, 1.807) is 30.3 Å². The molecule has 0 aliphatic carbocycles. The molecule has 0 heterocycles. The van der Waals surface area contributed by atoms with E-state index in [1.807, 2.05) is 0 Å². The zero-order valence-electron chi connectivity index (χ0n) is 10.8. The largest absolute Gasteiger partial charge is 0.478 e. The molecule has 2 aromatic rings. The molecule has 0 spiro atoms. The van der Waals surface area contributed by atoms with Gasteiger partial charge in [0.05, 0.1) is 0 Å². The average Bonchev–Trinajstić information content (AvgIpc) is 2.46. The summed E-state index contributed by atoms with van der Waals surface area (Å²) in [6, 6.07) is 12.4. The molecule has 1 N–H and O–H groups in total. The Bertz CT molecular complexity index is 747. The molecule has 0 aromatic heterocycles. The molecule has 0 saturated heterocycles. The van der Waals surface area contributed by atoms with Gasteiger partial charge in [-0.25, -0.2) is 9.18 Å². The lowest BCUT2D eigenvalue weighted by molar-refractivity contribution is -0.131. The van der Waals surface area contributed by atoms with Gasteiger partial charge in [0.2, 0.25) is 0 Å². The summed E-state index contributed by atoms with van der Waals surface area (Å²) in [7, 11) is 0. The van der Waals surface area contributed by atoms with E-state index in [2.05, 4.69) is 0 Å². The normalized spacial score (nSPS) is 10.3. The number of hydrogen-bond acceptors (Lipinski definition) is 3. The molecule has 0 amide bonds. The van der Waals surface area contributed by atoms with E-state index in [-0.39, 0.29) is 11.3 Å². The molecule has 0 radical (unpaired) electrons. The molecule has 0 atom stereocenters. The van der Waals surface area contributed by atoms with Gasteiger partial charge in [-0.1, -0.05) is 18.2 Å². The zero-order chi connectivity index (χ0) is 15.2. The SMILES string of the molecule is N#Cc1c(F)cccc1Oc1cccc(C=CC(=O)O)c1. The number of carbonyl (C=O) groups is 1. The Hall–Kier alpha value is -3.13. The molecule has 104 valence electrons. The minimum Gasteiger partial charge on any atom is -0.478 e. The fourth-order valence-electron chi connectivity index (χ4n) is 1.67. The van der Waals surface area contributed by atoms with Crippen LogP contribution in [0.25, 0.3) is 6.08 Å². The predicted octanol–water partition coefficient (Wildman–Crippen LogP) is 3.59. The van der Waals surface area contributed by atoms with Gasteiger partial charge in [-0.05, 0) is 35.9 Å². The van der Waals surface area contributed by atoms with Crippen LogP contribution in [0.2, 0.25) is 0 Å². The van der Waals surface area contributed by atoms with Gasteiger partial charge in [0.1, 0.15) is 28.9 Å². The number of ether oxygens (including phenoxy) is 1. The molecule has 5 heteroatoms. The fraction of sp³-hybridized carbons (Fsp3) is 0. The Morgan fingerprint density at radius 1 is 1.29 bits per heavy atom. The highest BCUT2D eigenvalue weighted by Gasteiger charge is 2.09. The smallest absolute Gasteiger partial charge is 0.328 e. The molecule has 0 aliphatic heterocycles. The highest BCUT2D eigenvalue weighted by molar-refractivity contribution is 5.85. The van der Waals surface area contributed by atoms with Crippen molar-refractivity contribution in [3.8, 4) is 17.6 Å². The summed E-state index contributed by atoms with van der Waals surface area (Å²) in [5, 5.41) is 17.5. The van der Waals surface area contributed by atoms with E-state index in [9.17, 15) is 9.18 Å². The molecule has 0 unspecified atom stereocenters. The molecule has 0 fully saturated rings. The maximum Gasteiger partial charge on any atom is 0.328 e. The van der Waals surface area contributed by atoms with Crippen molar-refractivity contribution >= 4 is 12.0 Å². The van der Waals surface area contributed by atoms with Crippen molar-refractivity contribution in [2.45, 2.75) is 0 Å². The maximum atomic E-state index is 13.5. The number of hydrogen-bond donors (Lipinski definition) is 1. The van der Waals surface area contributed by atoms with Crippen LogP contribution in [0.5, 0.6) is 11.5 Å². The molecule has 0 saturated carbocycles. The number of halogens is 1. The van der Waals surface area contributed by atoms with Gasteiger partial charge in [0, 0.05) is 6.08 Å². The van der Waals surface area contributed by atoms with Crippen molar-refractivity contribution < 1.29 is 19.0 Å². The molecule has 2 aromatic carbocycles. The van der Waals surface area contributed by atoms with Crippen LogP contribution in [0, 0.1) is 17.1 Å². The highest BCUT2D eigenvalue weighted by Crippen LogP contribution is 2.27. The van der Waals surface area contributed by atoms with Crippen LogP contribution in [0.4, 0.5) is 4.39 Å². The Morgan fingerprint density at radius 2 is 2.05 bits per heavy atom. The van der Waals surface area contributed by atoms with Gasteiger partial charge in [0.15, 0.2) is 0 Å². The van der Waals surface area contributed by atoms with E-state index in [0.29, 0.717) is 11.3 Å². The van der Waals surface area contributed by atoms with Crippen LogP contribution < -0.4 is 4.74 Å². The lowest BCUT2D eigenvalue weighted by atomic mass is 10.2. The Morgan fingerprint density at radius 3 is 2.76 bits per heavy atom. The van der Waals surface area contributed by atoms with E-state index >= 15 is 0 Å². The molecular formula is C16H10FNO3. The van der Waals surface area contributed by atoms with Crippen molar-refractivity contribution in [3.05, 3.63) is 65.5 Å². The van der Waals surface area contributed by atoms with Gasteiger partial charge < -0.3 is 9.84 Å². The van der Waals surface area contributed by atoms with Crippen LogP contribution in [0.1, 0.15) is 11.1 Å². The standard InChI is InChI=1S/C16H10FNO3/c17-14-5-2-6-15(13(14)10-18)21-12-4-1-3-11(9-12)7-8-16(19)20/h1-9H,(H,19,20). The second-order valence-electron chi connectivity index (χ2n) is 4.07. The maximum absolute atomic E-state index is 13.5. The zero-order valence-corrected chi connectivity index (χ0v) is 10.8. The lowest BCUT2D eigenvalue weighted by Crippen LogP contribution is -1.92. The summed E-state index contributed by atoms with van der Waals surface area (Å²) in [5.41, 5.74) is 0.439. The lowest BCUT2D eigenvalue weighted by Gasteiger charge is -2.08. The molecule has 0 bridgehead atoms. The molecule has 2 rings (SSSR count). The Labute approximate surface area is 120 Å². The first-order chi connectivity index (χ1) is 10.1. The van der Waals surface area contributed by atoms with Crippen molar-refractivity contribution in [1.82, 2.24) is 0 Å². The molecule has 0 aliphatic rings. The summed E-state index contributed by atoms with van der Waals surface area (Å²) >= 11 is 0. The Balaban J connectivity index is 2.29. The van der Waals surface area contributed by atoms with Crippen molar-refractivity contribution in [2.24, 2.45) is 0 Å². The second kappa shape index (κ2) is 6.35. The number of aliphatic carboxylic acids is 1. The molecule has 4 nitrogen and oxygen atoms in total. The van der Waals surface area contributed by atoms with Crippen LogP contribution >= 0.6 is 0 Å². The number of rotatable bonds is 4. The van der Waals surface area contributed by atoms with Crippen LogP contribution in [0.3, 0.4) is 0 Å². The van der Waals surface area contributed by atoms with Crippen LogP contribution in [-0.4, -0.2) is 11.1 Å². The first-order valence-corrected chi connectivity index (χ1v) is 5.97. The third kappa shape index (κ3) is 3.67. The fourth-order valence-corrected chi connectivity index (χ4v) is 1.67. The summed E-state index contributed by atoms with van der Waals surface area (Å²) in [6.45, 7) is 0. The van der Waals surface area contributed by atoms with E-state index in [1.165, 1.54) is 24.3 Å². The minimum atomic E-state index is -1.06. The third-order valence-corrected chi connectivity index (χ3v) is 2.59. The topological polar surface area (TPSA) is 70.3 Å². The number of nitrogens with zero attached hydrogens (tertiary/aromatic N) is 1. The van der Waals surface area contributed by atoms with E-state index in [0.717, 1.165) is 6.08 Å². The number of carboxylic acids is 1. The van der Waals surface area contributed by atoms with Gasteiger partial charge in [-0.3, -0.25) is 0 Å². The molecular weight excluding hydrogens is 273 g/mol. The summed E-state index contributed by atoms with van der Waals surface area (Å²) < 4.78 is 18.9.